The molecule has 116 valence electrons. The van der Waals surface area contributed by atoms with Crippen molar-refractivity contribution in [3.63, 3.8) is 0 Å². The molecule has 0 aliphatic heterocycles. The van der Waals surface area contributed by atoms with Crippen LogP contribution in [0, 0.1) is 5.82 Å². The molecule has 3 rings (SSSR count). The number of rotatable bonds is 4. The maximum absolute atomic E-state index is 13.1. The summed E-state index contributed by atoms with van der Waals surface area (Å²) in [5, 5.41) is 0. The van der Waals surface area contributed by atoms with Crippen molar-refractivity contribution in [3.05, 3.63) is 72.4 Å². The third kappa shape index (κ3) is 2.78. The van der Waals surface area contributed by atoms with Crippen LogP contribution in [0.2, 0.25) is 0 Å². The molecule has 23 heavy (non-hydrogen) atoms. The Morgan fingerprint density at radius 3 is 2.48 bits per heavy atom. The zero-order chi connectivity index (χ0) is 16.4. The van der Waals surface area contributed by atoms with Crippen LogP contribution >= 0.6 is 0 Å². The van der Waals surface area contributed by atoms with Crippen LogP contribution in [-0.2, 0) is 10.0 Å². The molecule has 0 spiro atoms. The second kappa shape index (κ2) is 5.77. The van der Waals surface area contributed by atoms with Gasteiger partial charge in [0.15, 0.2) is 6.29 Å². The zero-order valence-electron chi connectivity index (χ0n) is 11.8. The second-order valence-electron chi connectivity index (χ2n) is 4.77. The van der Waals surface area contributed by atoms with Crippen LogP contribution in [0.15, 0.2) is 66.0 Å². The smallest absolute Gasteiger partial charge is 0.269 e. The third-order valence-electron chi connectivity index (χ3n) is 3.27. The van der Waals surface area contributed by atoms with Crippen LogP contribution in [0.4, 0.5) is 4.39 Å². The number of halogens is 1. The van der Waals surface area contributed by atoms with Crippen molar-refractivity contribution in [1.82, 2.24) is 8.96 Å². The van der Waals surface area contributed by atoms with Crippen molar-refractivity contribution in [2.75, 3.05) is 0 Å². The van der Waals surface area contributed by atoms with Crippen molar-refractivity contribution in [3.8, 4) is 11.3 Å². The highest BCUT2D eigenvalue weighted by atomic mass is 32.2. The second-order valence-corrected chi connectivity index (χ2v) is 6.59. The highest BCUT2D eigenvalue weighted by molar-refractivity contribution is 7.90. The van der Waals surface area contributed by atoms with Crippen molar-refractivity contribution >= 4 is 16.3 Å². The Hall–Kier alpha value is -2.80. The maximum Gasteiger partial charge on any atom is 0.269 e. The molecule has 2 aromatic heterocycles. The molecule has 0 N–H and O–H groups in total. The average molecular weight is 330 g/mol. The van der Waals surface area contributed by atoms with E-state index in [4.69, 9.17) is 0 Å². The molecule has 0 atom stereocenters. The van der Waals surface area contributed by atoms with E-state index in [1.165, 1.54) is 61.1 Å². The molecule has 0 saturated carbocycles. The first-order chi connectivity index (χ1) is 11.0. The van der Waals surface area contributed by atoms with Crippen molar-refractivity contribution in [2.24, 2.45) is 0 Å². The summed E-state index contributed by atoms with van der Waals surface area (Å²) in [6.45, 7) is 0. The molecule has 1 aromatic carbocycles. The first-order valence-corrected chi connectivity index (χ1v) is 8.05. The van der Waals surface area contributed by atoms with E-state index in [0.717, 1.165) is 3.97 Å². The van der Waals surface area contributed by atoms with E-state index in [1.807, 2.05) is 0 Å². The minimum absolute atomic E-state index is 0.00332. The molecule has 0 aliphatic rings. The summed E-state index contributed by atoms with van der Waals surface area (Å²) in [5.41, 5.74) is 0.958. The van der Waals surface area contributed by atoms with E-state index in [0.29, 0.717) is 11.8 Å². The predicted molar refractivity (Wildman–Crippen MR) is 82.0 cm³/mol. The number of nitrogens with zero attached hydrogens (tertiary/aromatic N) is 2. The fraction of sp³-hybridized carbons (Fsp3) is 0. The summed E-state index contributed by atoms with van der Waals surface area (Å²) in [6.07, 6.45) is 4.48. The van der Waals surface area contributed by atoms with Gasteiger partial charge in [0.05, 0.1) is 5.69 Å². The van der Waals surface area contributed by atoms with Gasteiger partial charge < -0.3 is 0 Å². The van der Waals surface area contributed by atoms with Gasteiger partial charge in [0.25, 0.3) is 10.0 Å². The van der Waals surface area contributed by atoms with Crippen LogP contribution in [0.1, 0.15) is 10.4 Å². The number of carbonyl (C=O) groups excluding carboxylic acids is 1. The molecule has 3 aromatic rings. The molecule has 0 unspecified atom stereocenters. The molecule has 0 amide bonds. The summed E-state index contributed by atoms with van der Waals surface area (Å²) in [4.78, 5) is 14.8. The molecule has 0 aliphatic carbocycles. The molecular formula is C16H11FN2O3S. The number of hydrogen-bond acceptors (Lipinski definition) is 4. The zero-order valence-corrected chi connectivity index (χ0v) is 12.6. The fourth-order valence-electron chi connectivity index (χ4n) is 2.17. The number of hydrogen-bond donors (Lipinski definition) is 0. The fourth-order valence-corrected chi connectivity index (χ4v) is 3.52. The minimum atomic E-state index is -3.92. The Balaban J connectivity index is 2.22. The van der Waals surface area contributed by atoms with Crippen LogP contribution in [0.5, 0.6) is 0 Å². The lowest BCUT2D eigenvalue weighted by Crippen LogP contribution is -2.13. The Labute approximate surface area is 132 Å². The van der Waals surface area contributed by atoms with E-state index in [-0.39, 0.29) is 16.2 Å². The molecule has 2 heterocycles. The number of benzene rings is 1. The lowest BCUT2D eigenvalue weighted by Gasteiger charge is -2.10. The number of aromatic nitrogens is 2. The van der Waals surface area contributed by atoms with E-state index in [9.17, 15) is 17.6 Å². The van der Waals surface area contributed by atoms with E-state index >= 15 is 0 Å². The normalized spacial score (nSPS) is 11.3. The summed E-state index contributed by atoms with van der Waals surface area (Å²) >= 11 is 0. The summed E-state index contributed by atoms with van der Waals surface area (Å²) in [5.74, 6) is -0.433. The largest absolute Gasteiger partial charge is 0.298 e. The lowest BCUT2D eigenvalue weighted by atomic mass is 10.1. The standard InChI is InChI=1S/C16H11FN2O3S/c17-14-5-3-13(4-6-14)16-8-12(11-20)10-19(16)23(21,22)15-2-1-7-18-9-15/h1-11H. The minimum Gasteiger partial charge on any atom is -0.298 e. The van der Waals surface area contributed by atoms with Crippen molar-refractivity contribution in [2.45, 2.75) is 4.90 Å². The monoisotopic (exact) mass is 330 g/mol. The van der Waals surface area contributed by atoms with Gasteiger partial charge in [-0.1, -0.05) is 0 Å². The van der Waals surface area contributed by atoms with Crippen LogP contribution < -0.4 is 0 Å². The molecule has 0 radical (unpaired) electrons. The first kappa shape index (κ1) is 15.1. The first-order valence-electron chi connectivity index (χ1n) is 6.61. The predicted octanol–water partition coefficient (Wildman–Crippen LogP) is 2.74. The van der Waals surface area contributed by atoms with Gasteiger partial charge in [-0.2, -0.15) is 0 Å². The lowest BCUT2D eigenvalue weighted by molar-refractivity contribution is 0.112. The van der Waals surface area contributed by atoms with Gasteiger partial charge in [-0.25, -0.2) is 16.8 Å². The number of pyridine rings is 1. The maximum atomic E-state index is 13.1. The van der Waals surface area contributed by atoms with Gasteiger partial charge >= 0.3 is 0 Å². The van der Waals surface area contributed by atoms with Gasteiger partial charge in [-0.15, -0.1) is 0 Å². The Kier molecular flexibility index (Phi) is 3.79. The topological polar surface area (TPSA) is 69.0 Å². The number of aldehydes is 1. The van der Waals surface area contributed by atoms with Crippen LogP contribution in [-0.4, -0.2) is 23.7 Å². The van der Waals surface area contributed by atoms with Crippen molar-refractivity contribution < 1.29 is 17.6 Å². The van der Waals surface area contributed by atoms with Gasteiger partial charge in [0, 0.05) is 24.2 Å². The molecule has 0 saturated heterocycles. The molecule has 0 bridgehead atoms. The van der Waals surface area contributed by atoms with Gasteiger partial charge in [0.1, 0.15) is 10.7 Å². The van der Waals surface area contributed by atoms with E-state index in [2.05, 4.69) is 4.98 Å². The molecular weight excluding hydrogens is 319 g/mol. The quantitative estimate of drug-likeness (QED) is 0.690. The average Bonchev–Trinajstić information content (AvgIpc) is 3.01. The SMILES string of the molecule is O=Cc1cc(-c2ccc(F)cc2)n(S(=O)(=O)c2cccnc2)c1. The van der Waals surface area contributed by atoms with Crippen LogP contribution in [0.25, 0.3) is 11.3 Å². The van der Waals surface area contributed by atoms with Gasteiger partial charge in [0.2, 0.25) is 0 Å². The van der Waals surface area contributed by atoms with Gasteiger partial charge in [-0.3, -0.25) is 9.78 Å². The van der Waals surface area contributed by atoms with E-state index in [1.54, 1.807) is 0 Å². The molecule has 5 nitrogen and oxygen atoms in total. The Morgan fingerprint density at radius 2 is 1.87 bits per heavy atom. The third-order valence-corrected chi connectivity index (χ3v) is 4.93. The summed E-state index contributed by atoms with van der Waals surface area (Å²) in [7, 11) is -3.92. The summed E-state index contributed by atoms with van der Waals surface area (Å²) in [6, 6.07) is 9.72. The Morgan fingerprint density at radius 1 is 1.13 bits per heavy atom. The Bertz CT molecular complexity index is 949. The van der Waals surface area contributed by atoms with Crippen molar-refractivity contribution in [1.29, 1.82) is 0 Å². The molecule has 0 fully saturated rings. The molecule has 7 heteroatoms. The highest BCUT2D eigenvalue weighted by Crippen LogP contribution is 2.26. The summed E-state index contributed by atoms with van der Waals surface area (Å²) < 4.78 is 39.6. The van der Waals surface area contributed by atoms with E-state index < -0.39 is 15.8 Å². The number of carbonyl (C=O) groups is 1. The van der Waals surface area contributed by atoms with Gasteiger partial charge in [-0.05, 0) is 48.0 Å². The highest BCUT2D eigenvalue weighted by Gasteiger charge is 2.22. The van der Waals surface area contributed by atoms with Crippen LogP contribution in [0.3, 0.4) is 0 Å².